The Morgan fingerprint density at radius 2 is 2.21 bits per heavy atom. The van der Waals surface area contributed by atoms with Gasteiger partial charge in [0.15, 0.2) is 11.7 Å². The molecular formula is C16H16BrN3O3S. The second kappa shape index (κ2) is 7.98. The fraction of sp³-hybridized carbons (Fsp3) is 0.250. The van der Waals surface area contributed by atoms with Crippen molar-refractivity contribution in [2.75, 3.05) is 18.2 Å². The lowest BCUT2D eigenvalue weighted by atomic mass is 10.0. The minimum absolute atomic E-state index is 0.195. The van der Waals surface area contributed by atoms with E-state index in [9.17, 15) is 0 Å². The summed E-state index contributed by atoms with van der Waals surface area (Å²) < 4.78 is 11.5. The monoisotopic (exact) mass is 409 g/mol. The maximum Gasteiger partial charge on any atom is 0.190 e. The first-order chi connectivity index (χ1) is 11.7. The van der Waals surface area contributed by atoms with E-state index in [1.54, 1.807) is 6.20 Å². The summed E-state index contributed by atoms with van der Waals surface area (Å²) >= 11 is 4.53. The molecule has 8 heteroatoms. The van der Waals surface area contributed by atoms with E-state index in [-0.39, 0.29) is 11.8 Å². The number of rotatable bonds is 6. The van der Waals surface area contributed by atoms with E-state index in [1.807, 2.05) is 43.3 Å². The first-order valence-corrected chi connectivity index (χ1v) is 8.93. The normalized spacial score (nSPS) is 16.1. The standard InChI is InChI=1S/C16H16BrN3O3S/c1-2-21-15(18)14-10-20(16-13(14)8-11(17)9-19-16)22-23-24-12-6-4-3-5-7-12/h3-9,14,18H,2,10H2,1H3. The van der Waals surface area contributed by atoms with Crippen LogP contribution < -0.4 is 5.06 Å². The average Bonchev–Trinajstić information content (AvgIpc) is 2.94. The first-order valence-electron chi connectivity index (χ1n) is 7.39. The third kappa shape index (κ3) is 3.89. The fourth-order valence-electron chi connectivity index (χ4n) is 2.38. The van der Waals surface area contributed by atoms with Gasteiger partial charge in [0.1, 0.15) is 0 Å². The number of ether oxygens (including phenoxy) is 1. The quantitative estimate of drug-likeness (QED) is 0.251. The molecule has 0 spiro atoms. The van der Waals surface area contributed by atoms with Crippen molar-refractivity contribution in [2.45, 2.75) is 17.7 Å². The van der Waals surface area contributed by atoms with Crippen LogP contribution in [0.2, 0.25) is 0 Å². The number of hydroxylamine groups is 1. The molecule has 1 aromatic carbocycles. The minimum Gasteiger partial charge on any atom is -0.481 e. The molecule has 1 aromatic heterocycles. The van der Waals surface area contributed by atoms with Crippen molar-refractivity contribution >= 4 is 39.7 Å². The van der Waals surface area contributed by atoms with Crippen molar-refractivity contribution in [3.8, 4) is 0 Å². The van der Waals surface area contributed by atoms with Crippen LogP contribution in [0, 0.1) is 5.41 Å². The molecule has 1 unspecified atom stereocenters. The molecule has 0 aliphatic carbocycles. The highest BCUT2D eigenvalue weighted by atomic mass is 79.9. The van der Waals surface area contributed by atoms with Crippen LogP contribution in [-0.2, 0) is 14.1 Å². The van der Waals surface area contributed by atoms with Crippen molar-refractivity contribution in [1.29, 1.82) is 5.41 Å². The van der Waals surface area contributed by atoms with Crippen LogP contribution in [0.1, 0.15) is 18.4 Å². The Labute approximate surface area is 152 Å². The van der Waals surface area contributed by atoms with Crippen molar-refractivity contribution in [1.82, 2.24) is 4.98 Å². The van der Waals surface area contributed by atoms with Crippen molar-refractivity contribution in [3.05, 3.63) is 52.6 Å². The van der Waals surface area contributed by atoms with Gasteiger partial charge in [-0.05, 0) is 41.1 Å². The van der Waals surface area contributed by atoms with Gasteiger partial charge in [0.05, 0.1) is 31.1 Å². The molecule has 3 rings (SSSR count). The number of hydrogen-bond acceptors (Lipinski definition) is 7. The number of anilines is 1. The summed E-state index contributed by atoms with van der Waals surface area (Å²) in [6, 6.07) is 11.6. The van der Waals surface area contributed by atoms with Crippen molar-refractivity contribution in [3.63, 3.8) is 0 Å². The maximum atomic E-state index is 8.10. The van der Waals surface area contributed by atoms with E-state index in [1.165, 1.54) is 5.06 Å². The highest BCUT2D eigenvalue weighted by Gasteiger charge is 2.35. The van der Waals surface area contributed by atoms with Crippen LogP contribution in [0.3, 0.4) is 0 Å². The lowest BCUT2D eigenvalue weighted by molar-refractivity contribution is -0.202. The highest BCUT2D eigenvalue weighted by molar-refractivity contribution is 9.10. The lowest BCUT2D eigenvalue weighted by Crippen LogP contribution is -2.25. The molecular weight excluding hydrogens is 394 g/mol. The van der Waals surface area contributed by atoms with Crippen LogP contribution in [0.15, 0.2) is 52.0 Å². The molecule has 126 valence electrons. The van der Waals surface area contributed by atoms with Gasteiger partial charge in [-0.2, -0.15) is 0 Å². The van der Waals surface area contributed by atoms with Gasteiger partial charge < -0.3 is 4.74 Å². The molecule has 1 aliphatic rings. The maximum absolute atomic E-state index is 8.10. The summed E-state index contributed by atoms with van der Waals surface area (Å²) in [6.45, 7) is 2.72. The van der Waals surface area contributed by atoms with Crippen molar-refractivity contribution < 1.29 is 14.1 Å². The van der Waals surface area contributed by atoms with E-state index >= 15 is 0 Å². The van der Waals surface area contributed by atoms with E-state index in [0.717, 1.165) is 27.0 Å². The van der Waals surface area contributed by atoms with Gasteiger partial charge in [-0.15, -0.1) is 4.33 Å². The Morgan fingerprint density at radius 3 is 2.96 bits per heavy atom. The van der Waals surface area contributed by atoms with Gasteiger partial charge in [-0.3, -0.25) is 5.41 Å². The van der Waals surface area contributed by atoms with Gasteiger partial charge in [0.2, 0.25) is 0 Å². The zero-order valence-electron chi connectivity index (χ0n) is 12.9. The van der Waals surface area contributed by atoms with Crippen LogP contribution >= 0.6 is 28.0 Å². The number of hydrogen-bond donors (Lipinski definition) is 1. The Hall–Kier alpha value is -1.61. The second-order valence-electron chi connectivity index (χ2n) is 5.02. The number of fused-ring (bicyclic) bond motifs is 1. The zero-order valence-corrected chi connectivity index (χ0v) is 15.3. The third-order valence-electron chi connectivity index (χ3n) is 3.43. The molecule has 1 atom stereocenters. The first kappa shape index (κ1) is 17.2. The number of halogens is 1. The summed E-state index contributed by atoms with van der Waals surface area (Å²) in [5, 5.41) is 9.63. The van der Waals surface area contributed by atoms with Crippen LogP contribution in [0.25, 0.3) is 0 Å². The Balaban J connectivity index is 1.69. The smallest absolute Gasteiger partial charge is 0.190 e. The largest absolute Gasteiger partial charge is 0.481 e. The van der Waals surface area contributed by atoms with Crippen molar-refractivity contribution in [2.24, 2.45) is 0 Å². The van der Waals surface area contributed by atoms with Gasteiger partial charge in [-0.1, -0.05) is 23.2 Å². The number of nitrogens with one attached hydrogen (secondary N) is 1. The summed E-state index contributed by atoms with van der Waals surface area (Å²) in [5.41, 5.74) is 0.871. The Kier molecular flexibility index (Phi) is 5.72. The number of nitrogens with zero attached hydrogens (tertiary/aromatic N) is 2. The topological polar surface area (TPSA) is 67.7 Å². The number of benzene rings is 1. The number of pyridine rings is 1. The molecule has 1 aliphatic heterocycles. The molecule has 2 aromatic rings. The van der Waals surface area contributed by atoms with Crippen LogP contribution in [-0.4, -0.2) is 24.0 Å². The average molecular weight is 410 g/mol. The summed E-state index contributed by atoms with van der Waals surface area (Å²) in [4.78, 5) is 10.7. The fourth-order valence-corrected chi connectivity index (χ4v) is 3.18. The van der Waals surface area contributed by atoms with Crippen LogP contribution in [0.4, 0.5) is 5.82 Å². The molecule has 0 amide bonds. The highest BCUT2D eigenvalue weighted by Crippen LogP contribution is 2.37. The van der Waals surface area contributed by atoms with E-state index in [4.69, 9.17) is 19.5 Å². The molecule has 0 saturated heterocycles. The van der Waals surface area contributed by atoms with E-state index in [2.05, 4.69) is 20.9 Å². The number of aromatic nitrogens is 1. The van der Waals surface area contributed by atoms with Gasteiger partial charge in [-0.25, -0.2) is 10.0 Å². The SMILES string of the molecule is CCOC(=N)C1CN(OOSc2ccccc2)c2ncc(Br)cc21. The zero-order chi connectivity index (χ0) is 16.9. The van der Waals surface area contributed by atoms with Gasteiger partial charge in [0.25, 0.3) is 0 Å². The van der Waals surface area contributed by atoms with Gasteiger partial charge in [0, 0.05) is 21.1 Å². The molecule has 1 N–H and O–H groups in total. The lowest BCUT2D eigenvalue weighted by Gasteiger charge is -2.15. The Morgan fingerprint density at radius 1 is 1.42 bits per heavy atom. The molecule has 2 heterocycles. The van der Waals surface area contributed by atoms with E-state index in [0.29, 0.717) is 19.0 Å². The summed E-state index contributed by atoms with van der Waals surface area (Å²) in [6.07, 6.45) is 1.69. The predicted molar refractivity (Wildman–Crippen MR) is 95.8 cm³/mol. The second-order valence-corrected chi connectivity index (χ2v) is 6.71. The molecule has 6 nitrogen and oxygen atoms in total. The Bertz CT molecular complexity index is 717. The molecule has 24 heavy (non-hydrogen) atoms. The van der Waals surface area contributed by atoms with Gasteiger partial charge >= 0.3 is 0 Å². The molecule has 0 bridgehead atoms. The molecule has 0 radical (unpaired) electrons. The summed E-state index contributed by atoms with van der Waals surface area (Å²) in [5.74, 6) is 0.581. The third-order valence-corrected chi connectivity index (χ3v) is 4.46. The molecule has 0 fully saturated rings. The van der Waals surface area contributed by atoms with E-state index < -0.39 is 0 Å². The summed E-state index contributed by atoms with van der Waals surface area (Å²) in [7, 11) is 0. The molecule has 0 saturated carbocycles. The predicted octanol–water partition coefficient (Wildman–Crippen LogP) is 4.33. The van der Waals surface area contributed by atoms with Crippen LogP contribution in [0.5, 0.6) is 0 Å². The minimum atomic E-state index is -0.240.